The number of ether oxygens (including phenoxy) is 1. The lowest BCUT2D eigenvalue weighted by molar-refractivity contribution is -0.0390. The lowest BCUT2D eigenvalue weighted by atomic mass is 10.2. The second-order valence-corrected chi connectivity index (χ2v) is 6.93. The summed E-state index contributed by atoms with van der Waals surface area (Å²) in [5.74, 6) is 0. The molecule has 0 aromatic heterocycles. The van der Waals surface area contributed by atoms with Crippen molar-refractivity contribution in [2.45, 2.75) is 90.7 Å². The Kier molecular flexibility index (Phi) is 18.8. The minimum atomic E-state index is 0.276. The summed E-state index contributed by atoms with van der Waals surface area (Å²) >= 11 is 0. The first-order valence-electron chi connectivity index (χ1n) is 10.4. The molecule has 0 amide bonds. The molecule has 0 aromatic rings. The average molecular weight is 350 g/mol. The maximum atomic E-state index is 5.87. The number of unbranched alkanes of at least 4 members (excludes halogenated alkanes) is 6. The smallest absolute Gasteiger partial charge is 0.109 e. The Morgan fingerprint density at radius 1 is 0.720 bits per heavy atom. The summed E-state index contributed by atoms with van der Waals surface area (Å²) < 4.78 is 5.87. The highest BCUT2D eigenvalue weighted by atomic mass is 16.5. The minimum absolute atomic E-state index is 0.276. The van der Waals surface area contributed by atoms with Crippen LogP contribution in [-0.2, 0) is 4.74 Å². The molecule has 2 heteroatoms. The van der Waals surface area contributed by atoms with E-state index < -0.39 is 0 Å². The van der Waals surface area contributed by atoms with Crippen LogP contribution in [0.4, 0.5) is 0 Å². The van der Waals surface area contributed by atoms with Crippen LogP contribution >= 0.6 is 0 Å². The van der Waals surface area contributed by atoms with Crippen molar-refractivity contribution in [3.05, 3.63) is 36.5 Å². The van der Waals surface area contributed by atoms with Crippen LogP contribution in [0.15, 0.2) is 36.5 Å². The average Bonchev–Trinajstić information content (AvgIpc) is 2.60. The van der Waals surface area contributed by atoms with Gasteiger partial charge < -0.3 is 4.74 Å². The fraction of sp³-hybridized carbons (Fsp3) is 0.739. The second-order valence-electron chi connectivity index (χ2n) is 6.93. The summed E-state index contributed by atoms with van der Waals surface area (Å²) in [5.41, 5.74) is 0. The number of hydrogen-bond donors (Lipinski definition) is 0. The van der Waals surface area contributed by atoms with E-state index in [1.54, 1.807) is 0 Å². The molecule has 0 fully saturated rings. The van der Waals surface area contributed by atoms with Gasteiger partial charge in [0.15, 0.2) is 0 Å². The van der Waals surface area contributed by atoms with E-state index in [1.165, 1.54) is 51.4 Å². The molecule has 0 N–H and O–H groups in total. The van der Waals surface area contributed by atoms with Crippen LogP contribution < -0.4 is 0 Å². The predicted octanol–water partition coefficient (Wildman–Crippen LogP) is 6.89. The molecular weight excluding hydrogens is 306 g/mol. The van der Waals surface area contributed by atoms with Crippen LogP contribution in [0, 0.1) is 0 Å². The summed E-state index contributed by atoms with van der Waals surface area (Å²) in [6.07, 6.45) is 27.3. The summed E-state index contributed by atoms with van der Waals surface area (Å²) in [6, 6.07) is 0. The monoisotopic (exact) mass is 349 g/mol. The molecule has 0 spiro atoms. The van der Waals surface area contributed by atoms with E-state index in [0.29, 0.717) is 0 Å². The Morgan fingerprint density at radius 3 is 1.80 bits per heavy atom. The van der Waals surface area contributed by atoms with Crippen molar-refractivity contribution in [3.63, 3.8) is 0 Å². The van der Waals surface area contributed by atoms with Crippen molar-refractivity contribution in [2.75, 3.05) is 20.7 Å². The van der Waals surface area contributed by atoms with Crippen LogP contribution in [0.3, 0.4) is 0 Å². The minimum Gasteiger partial charge on any atom is -0.363 e. The molecule has 0 saturated carbocycles. The first-order valence-corrected chi connectivity index (χ1v) is 10.4. The highest BCUT2D eigenvalue weighted by molar-refractivity contribution is 4.97. The van der Waals surface area contributed by atoms with Crippen molar-refractivity contribution in [3.8, 4) is 0 Å². The fourth-order valence-electron chi connectivity index (χ4n) is 2.68. The molecule has 0 aliphatic rings. The Hall–Kier alpha value is -0.860. The van der Waals surface area contributed by atoms with Gasteiger partial charge in [-0.15, -0.1) is 0 Å². The standard InChI is InChI=1S/C23H43NO/c1-5-7-8-9-10-11-12-13-14-15-16-17-18-19-20-21-22-25-23(6-2)24(3)4/h10-11,13-14,16-17,23H,5-9,12,15,18-22H2,1-4H3/b11-10-,14-13-,17-16-. The Balaban J connectivity index is 3.39. The van der Waals surface area contributed by atoms with E-state index in [-0.39, 0.29) is 6.23 Å². The lowest BCUT2D eigenvalue weighted by Gasteiger charge is -2.23. The third-order valence-electron chi connectivity index (χ3n) is 4.27. The van der Waals surface area contributed by atoms with Crippen LogP contribution in [-0.4, -0.2) is 31.8 Å². The Morgan fingerprint density at radius 2 is 1.28 bits per heavy atom. The van der Waals surface area contributed by atoms with E-state index in [4.69, 9.17) is 4.74 Å². The van der Waals surface area contributed by atoms with E-state index in [2.05, 4.69) is 69.3 Å². The van der Waals surface area contributed by atoms with E-state index >= 15 is 0 Å². The van der Waals surface area contributed by atoms with Crippen molar-refractivity contribution in [2.24, 2.45) is 0 Å². The van der Waals surface area contributed by atoms with Crippen molar-refractivity contribution < 1.29 is 4.74 Å². The first kappa shape index (κ1) is 24.1. The van der Waals surface area contributed by atoms with Gasteiger partial charge in [0.05, 0.1) is 0 Å². The van der Waals surface area contributed by atoms with Gasteiger partial charge in [0.2, 0.25) is 0 Å². The number of rotatable bonds is 17. The van der Waals surface area contributed by atoms with Crippen LogP contribution in [0.25, 0.3) is 0 Å². The number of hydrogen-bond acceptors (Lipinski definition) is 2. The largest absolute Gasteiger partial charge is 0.363 e. The highest BCUT2D eigenvalue weighted by Crippen LogP contribution is 2.06. The van der Waals surface area contributed by atoms with E-state index in [0.717, 1.165) is 25.9 Å². The zero-order valence-corrected chi connectivity index (χ0v) is 17.4. The predicted molar refractivity (Wildman–Crippen MR) is 113 cm³/mol. The molecule has 0 aromatic carbocycles. The Labute approximate surface area is 158 Å². The van der Waals surface area contributed by atoms with Crippen LogP contribution in [0.1, 0.15) is 84.5 Å². The van der Waals surface area contributed by atoms with Gasteiger partial charge in [-0.3, -0.25) is 4.90 Å². The number of nitrogens with zero attached hydrogens (tertiary/aromatic N) is 1. The molecule has 0 bridgehead atoms. The van der Waals surface area contributed by atoms with Gasteiger partial charge >= 0.3 is 0 Å². The van der Waals surface area contributed by atoms with Gasteiger partial charge in [-0.2, -0.15) is 0 Å². The highest BCUT2D eigenvalue weighted by Gasteiger charge is 2.07. The summed E-state index contributed by atoms with van der Waals surface area (Å²) in [4.78, 5) is 2.15. The van der Waals surface area contributed by atoms with Gasteiger partial charge in [0.25, 0.3) is 0 Å². The van der Waals surface area contributed by atoms with Gasteiger partial charge in [-0.25, -0.2) is 0 Å². The molecule has 0 saturated heterocycles. The Bertz CT molecular complexity index is 344. The van der Waals surface area contributed by atoms with Gasteiger partial charge in [-0.05, 0) is 65.5 Å². The molecule has 1 atom stereocenters. The SMILES string of the molecule is CCCCC/C=C\C/C=C\C/C=C\CCCCCOC(CC)N(C)C. The quantitative estimate of drug-likeness (QED) is 0.161. The summed E-state index contributed by atoms with van der Waals surface area (Å²) in [5, 5.41) is 0. The van der Waals surface area contributed by atoms with Crippen LogP contribution in [0.5, 0.6) is 0 Å². The molecule has 0 rings (SSSR count). The fourth-order valence-corrected chi connectivity index (χ4v) is 2.68. The van der Waals surface area contributed by atoms with Crippen molar-refractivity contribution in [1.29, 1.82) is 0 Å². The van der Waals surface area contributed by atoms with Crippen LogP contribution in [0.2, 0.25) is 0 Å². The first-order chi connectivity index (χ1) is 12.2. The molecule has 0 radical (unpaired) electrons. The summed E-state index contributed by atoms with van der Waals surface area (Å²) in [6.45, 7) is 5.31. The van der Waals surface area contributed by atoms with Gasteiger partial charge in [0, 0.05) is 6.61 Å². The third-order valence-corrected chi connectivity index (χ3v) is 4.27. The van der Waals surface area contributed by atoms with Gasteiger partial charge in [-0.1, -0.05) is 69.6 Å². The molecule has 25 heavy (non-hydrogen) atoms. The van der Waals surface area contributed by atoms with Gasteiger partial charge in [0.1, 0.15) is 6.23 Å². The summed E-state index contributed by atoms with van der Waals surface area (Å²) in [7, 11) is 4.16. The van der Waals surface area contributed by atoms with Crippen molar-refractivity contribution >= 4 is 0 Å². The second kappa shape index (κ2) is 19.5. The molecular formula is C23H43NO. The molecule has 146 valence electrons. The molecule has 0 heterocycles. The zero-order chi connectivity index (χ0) is 18.6. The normalized spacial score (nSPS) is 13.8. The van der Waals surface area contributed by atoms with E-state index in [9.17, 15) is 0 Å². The maximum Gasteiger partial charge on any atom is 0.109 e. The lowest BCUT2D eigenvalue weighted by Crippen LogP contribution is -2.30. The molecule has 1 unspecified atom stereocenters. The zero-order valence-electron chi connectivity index (χ0n) is 17.4. The maximum absolute atomic E-state index is 5.87. The number of allylic oxidation sites excluding steroid dienone is 6. The third kappa shape index (κ3) is 17.7. The molecule has 0 aliphatic heterocycles. The topological polar surface area (TPSA) is 12.5 Å². The van der Waals surface area contributed by atoms with Crippen molar-refractivity contribution in [1.82, 2.24) is 4.90 Å². The molecule has 2 nitrogen and oxygen atoms in total. The van der Waals surface area contributed by atoms with E-state index in [1.807, 2.05) is 0 Å². The molecule has 0 aliphatic carbocycles.